The molecule has 11 heteroatoms. The van der Waals surface area contributed by atoms with Gasteiger partial charge in [-0.3, -0.25) is 4.79 Å². The lowest BCUT2D eigenvalue weighted by molar-refractivity contribution is -0.157. The van der Waals surface area contributed by atoms with E-state index in [2.05, 4.69) is 0 Å². The van der Waals surface area contributed by atoms with Gasteiger partial charge < -0.3 is 19.9 Å². The van der Waals surface area contributed by atoms with Crippen molar-refractivity contribution in [2.45, 2.75) is 18.4 Å². The number of anilines is 1. The molecule has 0 aliphatic heterocycles. The molecule has 0 bridgehead atoms. The minimum absolute atomic E-state index is 0.0697. The molecule has 0 aliphatic carbocycles. The Kier molecular flexibility index (Phi) is 8.05. The third kappa shape index (κ3) is 6.47. The van der Waals surface area contributed by atoms with E-state index in [1.807, 2.05) is 5.32 Å². The molecule has 0 saturated carbocycles. The van der Waals surface area contributed by atoms with Gasteiger partial charge in [-0.15, -0.1) is 0 Å². The minimum Gasteiger partial charge on any atom is -0.478 e. The van der Waals surface area contributed by atoms with Crippen LogP contribution in [0.5, 0.6) is 0 Å². The summed E-state index contributed by atoms with van der Waals surface area (Å²) in [5, 5.41) is 11.6. The lowest BCUT2D eigenvalue weighted by Gasteiger charge is -2.24. The van der Waals surface area contributed by atoms with Crippen LogP contribution in [0.25, 0.3) is 0 Å². The Balaban J connectivity index is 1.96. The molecular weight excluding hydrogens is 483 g/mol. The average molecular weight is 501 g/mol. The minimum atomic E-state index is -4.86. The molecule has 0 heterocycles. The summed E-state index contributed by atoms with van der Waals surface area (Å²) in [5.74, 6) is -5.65. The van der Waals surface area contributed by atoms with Crippen LogP contribution in [0.3, 0.4) is 0 Å². The quantitative estimate of drug-likeness (QED) is 0.445. The summed E-state index contributed by atoms with van der Waals surface area (Å²) in [6.07, 6.45) is -9.58. The van der Waals surface area contributed by atoms with Crippen LogP contribution >= 0.6 is 0 Å². The number of para-hydroxylation sites is 1. The number of carbonyl (C=O) groups is 4. The van der Waals surface area contributed by atoms with Crippen molar-refractivity contribution < 1.29 is 46.9 Å². The molecular formula is C25H18F3NO7. The third-order valence-electron chi connectivity index (χ3n) is 4.75. The highest BCUT2D eigenvalue weighted by molar-refractivity contribution is 6.01. The molecule has 8 nitrogen and oxygen atoms in total. The third-order valence-corrected chi connectivity index (χ3v) is 4.75. The number of alkyl halides is 3. The number of hydrogen-bond acceptors (Lipinski definition) is 6. The van der Waals surface area contributed by atoms with Gasteiger partial charge in [0, 0.05) is 0 Å². The summed E-state index contributed by atoms with van der Waals surface area (Å²) in [6.45, 7) is 0. The average Bonchev–Trinajstić information content (AvgIpc) is 2.86. The first kappa shape index (κ1) is 25.9. The molecule has 3 aromatic rings. The zero-order valence-electron chi connectivity index (χ0n) is 18.3. The summed E-state index contributed by atoms with van der Waals surface area (Å²) in [7, 11) is 0. The van der Waals surface area contributed by atoms with Gasteiger partial charge in [0.25, 0.3) is 5.91 Å². The van der Waals surface area contributed by atoms with Crippen LogP contribution < -0.4 is 5.32 Å². The molecule has 3 rings (SSSR count). The topological polar surface area (TPSA) is 119 Å². The van der Waals surface area contributed by atoms with Crippen LogP contribution in [0.1, 0.15) is 26.3 Å². The fourth-order valence-electron chi connectivity index (χ4n) is 3.05. The van der Waals surface area contributed by atoms with E-state index in [0.717, 1.165) is 12.1 Å². The number of carboxylic acids is 1. The van der Waals surface area contributed by atoms with Crippen molar-refractivity contribution in [3.8, 4) is 0 Å². The Morgan fingerprint density at radius 1 is 0.694 bits per heavy atom. The molecule has 3 aromatic carbocycles. The number of benzene rings is 3. The highest BCUT2D eigenvalue weighted by atomic mass is 19.4. The fourth-order valence-corrected chi connectivity index (χ4v) is 3.05. The second-order valence-corrected chi connectivity index (χ2v) is 7.25. The van der Waals surface area contributed by atoms with Gasteiger partial charge in [0.2, 0.25) is 12.2 Å². The van der Waals surface area contributed by atoms with Gasteiger partial charge in [0.15, 0.2) is 0 Å². The number of ether oxygens (including phenoxy) is 2. The number of carbonyl (C=O) groups excluding carboxylic acids is 3. The van der Waals surface area contributed by atoms with Crippen molar-refractivity contribution in [3.05, 3.63) is 102 Å². The van der Waals surface area contributed by atoms with Crippen molar-refractivity contribution >= 4 is 29.5 Å². The van der Waals surface area contributed by atoms with E-state index in [0.29, 0.717) is 6.07 Å². The molecule has 186 valence electrons. The zero-order valence-corrected chi connectivity index (χ0v) is 18.3. The van der Waals surface area contributed by atoms with Crippen molar-refractivity contribution in [2.24, 2.45) is 0 Å². The maximum atomic E-state index is 13.4. The largest absolute Gasteiger partial charge is 0.478 e. The van der Waals surface area contributed by atoms with E-state index in [1.165, 1.54) is 54.6 Å². The van der Waals surface area contributed by atoms with E-state index in [-0.39, 0.29) is 11.1 Å². The van der Waals surface area contributed by atoms with Gasteiger partial charge in [0.1, 0.15) is 0 Å². The number of esters is 2. The summed E-state index contributed by atoms with van der Waals surface area (Å²) in [6, 6.07) is 18.2. The Hall–Kier alpha value is -4.67. The molecule has 0 fully saturated rings. The Bertz CT molecular complexity index is 1250. The van der Waals surface area contributed by atoms with E-state index < -0.39 is 53.5 Å². The lowest BCUT2D eigenvalue weighted by Crippen LogP contribution is -2.48. The molecule has 0 spiro atoms. The van der Waals surface area contributed by atoms with E-state index in [9.17, 15) is 37.5 Å². The molecule has 0 aliphatic rings. The molecule has 0 unspecified atom stereocenters. The van der Waals surface area contributed by atoms with Gasteiger partial charge in [0.05, 0.1) is 22.4 Å². The smallest absolute Gasteiger partial charge is 0.418 e. The SMILES string of the molecule is O=C(O[C@@H](C(=O)O)[C@@H](OC(=O)c1ccccc1)C(=O)Nc1ccccc1C(F)(F)F)c1ccccc1. The first-order valence-electron chi connectivity index (χ1n) is 10.3. The van der Waals surface area contributed by atoms with E-state index in [1.54, 1.807) is 12.1 Å². The number of carboxylic acid groups (broad SMARTS) is 1. The van der Waals surface area contributed by atoms with Crippen LogP contribution in [0.4, 0.5) is 18.9 Å². The Morgan fingerprint density at radius 2 is 1.14 bits per heavy atom. The fraction of sp³-hybridized carbons (Fsp3) is 0.120. The summed E-state index contributed by atoms with van der Waals surface area (Å²) >= 11 is 0. The number of nitrogens with one attached hydrogen (secondary N) is 1. The van der Waals surface area contributed by atoms with Crippen molar-refractivity contribution in [3.63, 3.8) is 0 Å². The Labute approximate surface area is 202 Å². The number of rotatable bonds is 8. The number of aliphatic carboxylic acids is 1. The number of halogens is 3. The zero-order chi connectivity index (χ0) is 26.3. The molecule has 0 saturated heterocycles. The van der Waals surface area contributed by atoms with Crippen LogP contribution in [-0.4, -0.2) is 41.1 Å². The van der Waals surface area contributed by atoms with Crippen LogP contribution in [0.15, 0.2) is 84.9 Å². The normalized spacial score (nSPS) is 12.6. The monoisotopic (exact) mass is 501 g/mol. The summed E-state index contributed by atoms with van der Waals surface area (Å²) in [4.78, 5) is 50.1. The number of amides is 1. The predicted octanol–water partition coefficient (Wildman–Crippen LogP) is 4.18. The lowest BCUT2D eigenvalue weighted by atomic mass is 10.1. The van der Waals surface area contributed by atoms with Crippen LogP contribution in [0, 0.1) is 0 Å². The second-order valence-electron chi connectivity index (χ2n) is 7.25. The highest BCUT2D eigenvalue weighted by Crippen LogP contribution is 2.34. The van der Waals surface area contributed by atoms with Crippen LogP contribution in [0.2, 0.25) is 0 Å². The van der Waals surface area contributed by atoms with Gasteiger partial charge in [-0.2, -0.15) is 13.2 Å². The Morgan fingerprint density at radius 3 is 1.61 bits per heavy atom. The maximum absolute atomic E-state index is 13.4. The van der Waals surface area contributed by atoms with Crippen molar-refractivity contribution in [1.82, 2.24) is 0 Å². The van der Waals surface area contributed by atoms with Gasteiger partial charge in [-0.05, 0) is 36.4 Å². The van der Waals surface area contributed by atoms with Crippen LogP contribution in [-0.2, 0) is 25.2 Å². The van der Waals surface area contributed by atoms with E-state index in [4.69, 9.17) is 9.47 Å². The number of hydrogen-bond donors (Lipinski definition) is 2. The van der Waals surface area contributed by atoms with Gasteiger partial charge in [-0.1, -0.05) is 48.5 Å². The van der Waals surface area contributed by atoms with Gasteiger partial charge in [-0.25, -0.2) is 14.4 Å². The standard InChI is InChI=1S/C25H18F3NO7/c26-25(27,28)17-13-7-8-14-18(17)29-21(30)19(35-23(33)15-9-3-1-4-10-15)20(22(31)32)36-24(34)16-11-5-2-6-12-16/h1-14,19-20H,(H,29,30)(H,31,32)/t19-,20-/m1/s1. The second kappa shape index (κ2) is 11.2. The summed E-state index contributed by atoms with van der Waals surface area (Å²) in [5.41, 5.74) is -2.09. The molecule has 2 atom stereocenters. The predicted molar refractivity (Wildman–Crippen MR) is 119 cm³/mol. The maximum Gasteiger partial charge on any atom is 0.418 e. The highest BCUT2D eigenvalue weighted by Gasteiger charge is 2.42. The first-order valence-corrected chi connectivity index (χ1v) is 10.3. The van der Waals surface area contributed by atoms with Crippen molar-refractivity contribution in [1.29, 1.82) is 0 Å². The molecule has 1 amide bonds. The van der Waals surface area contributed by atoms with Gasteiger partial charge >= 0.3 is 24.1 Å². The molecule has 36 heavy (non-hydrogen) atoms. The summed E-state index contributed by atoms with van der Waals surface area (Å²) < 4.78 is 50.2. The van der Waals surface area contributed by atoms with Crippen molar-refractivity contribution in [2.75, 3.05) is 5.32 Å². The first-order chi connectivity index (χ1) is 17.1. The van der Waals surface area contributed by atoms with E-state index >= 15 is 0 Å². The molecule has 0 aromatic heterocycles. The molecule has 2 N–H and O–H groups in total. The molecule has 0 radical (unpaired) electrons.